The molecule has 0 fully saturated rings. The second-order valence-electron chi connectivity index (χ2n) is 5.37. The Bertz CT molecular complexity index is 696. The standard InChI is InChI=1S/C18H23NO4S/c1-4-6-7-10-23-15-11-12(22-3)8-9-13(15)17-19-14(5-2)16(24-17)18(20)21/h8-9,11H,4-7,10H2,1-3H3,(H,20,21). The van der Waals surface area contributed by atoms with Gasteiger partial charge in [0.25, 0.3) is 0 Å². The van der Waals surface area contributed by atoms with E-state index in [2.05, 4.69) is 11.9 Å². The average molecular weight is 349 g/mol. The summed E-state index contributed by atoms with van der Waals surface area (Å²) in [5.74, 6) is 0.447. The van der Waals surface area contributed by atoms with E-state index in [4.69, 9.17) is 9.47 Å². The van der Waals surface area contributed by atoms with E-state index < -0.39 is 5.97 Å². The summed E-state index contributed by atoms with van der Waals surface area (Å²) in [5.41, 5.74) is 1.41. The van der Waals surface area contributed by atoms with Crippen molar-refractivity contribution >= 4 is 17.3 Å². The second-order valence-corrected chi connectivity index (χ2v) is 6.37. The Morgan fingerprint density at radius 3 is 2.67 bits per heavy atom. The highest BCUT2D eigenvalue weighted by Gasteiger charge is 2.19. The van der Waals surface area contributed by atoms with E-state index in [0.717, 1.165) is 24.8 Å². The molecule has 0 unspecified atom stereocenters. The third-order valence-corrected chi connectivity index (χ3v) is 4.77. The summed E-state index contributed by atoms with van der Waals surface area (Å²) < 4.78 is 11.2. The number of nitrogens with zero attached hydrogens (tertiary/aromatic N) is 1. The van der Waals surface area contributed by atoms with Gasteiger partial charge < -0.3 is 14.6 Å². The Morgan fingerprint density at radius 1 is 1.29 bits per heavy atom. The molecular weight excluding hydrogens is 326 g/mol. The van der Waals surface area contributed by atoms with E-state index in [1.54, 1.807) is 7.11 Å². The molecule has 5 nitrogen and oxygen atoms in total. The Balaban J connectivity index is 2.36. The molecule has 0 amide bonds. The Hall–Kier alpha value is -2.08. The van der Waals surface area contributed by atoms with Gasteiger partial charge in [0.1, 0.15) is 21.4 Å². The highest BCUT2D eigenvalue weighted by Crippen LogP contribution is 2.37. The molecular formula is C18H23NO4S. The predicted octanol–water partition coefficient (Wildman–Crippen LogP) is 4.65. The molecule has 1 aromatic heterocycles. The minimum Gasteiger partial charge on any atom is -0.497 e. The molecule has 0 saturated carbocycles. The normalized spacial score (nSPS) is 10.6. The van der Waals surface area contributed by atoms with Gasteiger partial charge in [-0.05, 0) is 25.0 Å². The van der Waals surface area contributed by atoms with Crippen molar-refractivity contribution in [3.8, 4) is 22.1 Å². The van der Waals surface area contributed by atoms with Gasteiger partial charge in [-0.3, -0.25) is 0 Å². The number of carbonyl (C=O) groups is 1. The second kappa shape index (κ2) is 8.68. The van der Waals surface area contributed by atoms with Gasteiger partial charge in [0.15, 0.2) is 0 Å². The molecule has 0 aliphatic carbocycles. The van der Waals surface area contributed by atoms with E-state index >= 15 is 0 Å². The summed E-state index contributed by atoms with van der Waals surface area (Å²) in [4.78, 5) is 16.2. The lowest BCUT2D eigenvalue weighted by molar-refractivity contribution is 0.0701. The fourth-order valence-corrected chi connectivity index (χ4v) is 3.36. The lowest BCUT2D eigenvalue weighted by Gasteiger charge is -2.11. The molecule has 0 aliphatic heterocycles. The zero-order valence-corrected chi connectivity index (χ0v) is 15.1. The van der Waals surface area contributed by atoms with Gasteiger partial charge in [-0.15, -0.1) is 11.3 Å². The minimum atomic E-state index is -0.936. The van der Waals surface area contributed by atoms with Crippen molar-refractivity contribution in [2.24, 2.45) is 0 Å². The molecule has 2 rings (SSSR count). The molecule has 24 heavy (non-hydrogen) atoms. The van der Waals surface area contributed by atoms with Crippen molar-refractivity contribution < 1.29 is 19.4 Å². The third kappa shape index (κ3) is 4.26. The molecule has 0 radical (unpaired) electrons. The van der Waals surface area contributed by atoms with Crippen LogP contribution in [0.4, 0.5) is 0 Å². The van der Waals surface area contributed by atoms with E-state index in [1.165, 1.54) is 11.3 Å². The number of thiazole rings is 1. The number of carboxylic acids is 1. The predicted molar refractivity (Wildman–Crippen MR) is 95.5 cm³/mol. The average Bonchev–Trinajstić information content (AvgIpc) is 3.03. The highest BCUT2D eigenvalue weighted by atomic mass is 32.1. The molecule has 130 valence electrons. The van der Waals surface area contributed by atoms with Crippen LogP contribution in [-0.2, 0) is 6.42 Å². The van der Waals surface area contributed by atoms with Crippen molar-refractivity contribution in [2.75, 3.05) is 13.7 Å². The van der Waals surface area contributed by atoms with Gasteiger partial charge in [-0.25, -0.2) is 9.78 Å². The van der Waals surface area contributed by atoms with E-state index in [0.29, 0.717) is 40.1 Å². The molecule has 0 atom stereocenters. The van der Waals surface area contributed by atoms with E-state index in [9.17, 15) is 9.90 Å². The number of carboxylic acid groups (broad SMARTS) is 1. The minimum absolute atomic E-state index is 0.292. The first kappa shape index (κ1) is 18.3. The van der Waals surface area contributed by atoms with Gasteiger partial charge in [0, 0.05) is 6.07 Å². The van der Waals surface area contributed by atoms with Crippen LogP contribution in [0.15, 0.2) is 18.2 Å². The molecule has 0 aliphatic rings. The lowest BCUT2D eigenvalue weighted by atomic mass is 10.2. The molecule has 1 heterocycles. The summed E-state index contributed by atoms with van der Waals surface area (Å²) in [7, 11) is 1.61. The van der Waals surface area contributed by atoms with Crippen LogP contribution in [0.3, 0.4) is 0 Å². The molecule has 6 heteroatoms. The van der Waals surface area contributed by atoms with Crippen molar-refractivity contribution in [2.45, 2.75) is 39.5 Å². The molecule has 0 spiro atoms. The van der Waals surface area contributed by atoms with Gasteiger partial charge in [0.2, 0.25) is 0 Å². The van der Waals surface area contributed by atoms with Crippen LogP contribution in [-0.4, -0.2) is 29.8 Å². The van der Waals surface area contributed by atoms with Crippen molar-refractivity contribution in [1.29, 1.82) is 0 Å². The number of aromatic nitrogens is 1. The molecule has 1 aromatic carbocycles. The molecule has 0 saturated heterocycles. The zero-order valence-electron chi connectivity index (χ0n) is 14.3. The van der Waals surface area contributed by atoms with Crippen LogP contribution >= 0.6 is 11.3 Å². The van der Waals surface area contributed by atoms with Crippen molar-refractivity contribution in [1.82, 2.24) is 4.98 Å². The van der Waals surface area contributed by atoms with Gasteiger partial charge in [0.05, 0.1) is 25.0 Å². The Kier molecular flexibility index (Phi) is 6.61. The number of benzene rings is 1. The summed E-state index contributed by atoms with van der Waals surface area (Å²) in [6.07, 6.45) is 3.80. The van der Waals surface area contributed by atoms with Gasteiger partial charge >= 0.3 is 5.97 Å². The first-order chi connectivity index (χ1) is 11.6. The number of unbranched alkanes of at least 4 members (excludes halogenated alkanes) is 2. The Labute approximate surface area is 146 Å². The maximum Gasteiger partial charge on any atom is 0.347 e. The quantitative estimate of drug-likeness (QED) is 0.668. The molecule has 0 bridgehead atoms. The summed E-state index contributed by atoms with van der Waals surface area (Å²) in [6, 6.07) is 5.54. The third-order valence-electron chi connectivity index (χ3n) is 3.65. The number of hydrogen-bond donors (Lipinski definition) is 1. The topological polar surface area (TPSA) is 68.7 Å². The van der Waals surface area contributed by atoms with Crippen molar-refractivity contribution in [3.05, 3.63) is 28.8 Å². The zero-order chi connectivity index (χ0) is 17.5. The van der Waals surface area contributed by atoms with Crippen LogP contribution in [0, 0.1) is 0 Å². The first-order valence-electron chi connectivity index (χ1n) is 8.14. The van der Waals surface area contributed by atoms with E-state index in [1.807, 2.05) is 25.1 Å². The van der Waals surface area contributed by atoms with Crippen LogP contribution in [0.2, 0.25) is 0 Å². The largest absolute Gasteiger partial charge is 0.497 e. The molecule has 1 N–H and O–H groups in total. The number of ether oxygens (including phenoxy) is 2. The number of hydrogen-bond acceptors (Lipinski definition) is 5. The smallest absolute Gasteiger partial charge is 0.347 e. The maximum absolute atomic E-state index is 11.4. The monoisotopic (exact) mass is 349 g/mol. The summed E-state index contributed by atoms with van der Waals surface area (Å²) in [5, 5.41) is 9.99. The Morgan fingerprint density at radius 2 is 2.08 bits per heavy atom. The fourth-order valence-electron chi connectivity index (χ4n) is 2.33. The van der Waals surface area contributed by atoms with E-state index in [-0.39, 0.29) is 0 Å². The number of rotatable bonds is 9. The number of methoxy groups -OCH3 is 1. The van der Waals surface area contributed by atoms with Gasteiger partial charge in [-0.1, -0.05) is 26.7 Å². The summed E-state index contributed by atoms with van der Waals surface area (Å²) >= 11 is 1.19. The fraction of sp³-hybridized carbons (Fsp3) is 0.444. The van der Waals surface area contributed by atoms with Gasteiger partial charge in [-0.2, -0.15) is 0 Å². The highest BCUT2D eigenvalue weighted by molar-refractivity contribution is 7.17. The van der Waals surface area contributed by atoms with Crippen LogP contribution in [0.5, 0.6) is 11.5 Å². The van der Waals surface area contributed by atoms with Crippen LogP contribution in [0.1, 0.15) is 48.5 Å². The lowest BCUT2D eigenvalue weighted by Crippen LogP contribution is -1.99. The first-order valence-corrected chi connectivity index (χ1v) is 8.96. The van der Waals surface area contributed by atoms with Crippen molar-refractivity contribution in [3.63, 3.8) is 0 Å². The maximum atomic E-state index is 11.4. The summed E-state index contributed by atoms with van der Waals surface area (Å²) in [6.45, 7) is 4.67. The number of aryl methyl sites for hydroxylation is 1. The van der Waals surface area contributed by atoms with Crippen LogP contribution in [0.25, 0.3) is 10.6 Å². The number of aromatic carboxylic acids is 1. The van der Waals surface area contributed by atoms with Crippen LogP contribution < -0.4 is 9.47 Å². The molecule has 2 aromatic rings. The SMILES string of the molecule is CCCCCOc1cc(OC)ccc1-c1nc(CC)c(C(=O)O)s1.